The number of hydrogen-bond donors (Lipinski definition) is 0. The lowest BCUT2D eigenvalue weighted by Crippen LogP contribution is -2.00. The van der Waals surface area contributed by atoms with Crippen molar-refractivity contribution < 1.29 is 9.47 Å². The Balaban J connectivity index is 1.62. The van der Waals surface area contributed by atoms with E-state index in [9.17, 15) is 0 Å². The van der Waals surface area contributed by atoms with Gasteiger partial charge in [0.25, 0.3) is 0 Å². The molecule has 0 radical (unpaired) electrons. The molecule has 160 valence electrons. The Kier molecular flexibility index (Phi) is 12.5. The van der Waals surface area contributed by atoms with E-state index in [2.05, 4.69) is 50.9 Å². The molecule has 0 aliphatic heterocycles. The molecule has 0 aliphatic rings. The fraction of sp³-hybridized carbons (Fsp3) is 0.520. The topological polar surface area (TPSA) is 18.5 Å². The van der Waals surface area contributed by atoms with Gasteiger partial charge in [0.15, 0.2) is 0 Å². The molecule has 2 aromatic carbocycles. The van der Waals surface area contributed by atoms with E-state index in [0.717, 1.165) is 39.0 Å². The molecular formula is C25H34Br2O2. The van der Waals surface area contributed by atoms with E-state index >= 15 is 0 Å². The van der Waals surface area contributed by atoms with Crippen molar-refractivity contribution >= 4 is 31.9 Å². The highest BCUT2D eigenvalue weighted by Crippen LogP contribution is 2.36. The molecule has 4 heteroatoms. The Morgan fingerprint density at radius 2 is 1.17 bits per heavy atom. The maximum absolute atomic E-state index is 5.97. The van der Waals surface area contributed by atoms with Crippen LogP contribution in [0.2, 0.25) is 0 Å². The highest BCUT2D eigenvalue weighted by Gasteiger charge is 2.09. The molecule has 0 fully saturated rings. The van der Waals surface area contributed by atoms with Crippen LogP contribution in [-0.2, 0) is 6.61 Å². The molecule has 2 rings (SSSR count). The number of hydrogen-bond acceptors (Lipinski definition) is 2. The van der Waals surface area contributed by atoms with Crippen molar-refractivity contribution in [2.75, 3.05) is 6.61 Å². The number of halogens is 2. The van der Waals surface area contributed by atoms with Gasteiger partial charge in [-0.15, -0.1) is 0 Å². The van der Waals surface area contributed by atoms with Crippen LogP contribution in [0.25, 0.3) is 0 Å². The molecular weight excluding hydrogens is 492 g/mol. The van der Waals surface area contributed by atoms with E-state index in [0.29, 0.717) is 6.61 Å². The van der Waals surface area contributed by atoms with Crippen molar-refractivity contribution in [3.8, 4) is 11.5 Å². The van der Waals surface area contributed by atoms with Crippen LogP contribution in [0.1, 0.15) is 76.7 Å². The van der Waals surface area contributed by atoms with Gasteiger partial charge >= 0.3 is 0 Å². The zero-order valence-electron chi connectivity index (χ0n) is 17.6. The second-order valence-corrected chi connectivity index (χ2v) is 9.23. The van der Waals surface area contributed by atoms with Crippen molar-refractivity contribution in [1.82, 2.24) is 0 Å². The third-order valence-corrected chi connectivity index (χ3v) is 6.22. The highest BCUT2D eigenvalue weighted by molar-refractivity contribution is 9.11. The Labute approximate surface area is 193 Å². The molecule has 2 aromatic rings. The molecule has 2 nitrogen and oxygen atoms in total. The van der Waals surface area contributed by atoms with Crippen LogP contribution in [-0.4, -0.2) is 6.61 Å². The van der Waals surface area contributed by atoms with Crippen LogP contribution in [0.4, 0.5) is 0 Å². The third kappa shape index (κ3) is 10.0. The Hall–Kier alpha value is -1.00. The van der Waals surface area contributed by atoms with Crippen LogP contribution >= 0.6 is 31.9 Å². The summed E-state index contributed by atoms with van der Waals surface area (Å²) in [5, 5.41) is 0. The van der Waals surface area contributed by atoms with Crippen molar-refractivity contribution in [2.45, 2.75) is 77.7 Å². The Morgan fingerprint density at radius 1 is 0.655 bits per heavy atom. The van der Waals surface area contributed by atoms with Crippen LogP contribution in [0.5, 0.6) is 11.5 Å². The molecule has 0 saturated heterocycles. The van der Waals surface area contributed by atoms with Crippen molar-refractivity contribution in [3.05, 3.63) is 57.0 Å². The SMILES string of the molecule is CCCCCCCCCCCCOc1cc(Br)c(OCc2ccccc2)cc1Br. The maximum atomic E-state index is 5.97. The second-order valence-electron chi connectivity index (χ2n) is 7.52. The minimum absolute atomic E-state index is 0.546. The normalized spacial score (nSPS) is 10.9. The minimum atomic E-state index is 0.546. The largest absolute Gasteiger partial charge is 0.492 e. The average molecular weight is 526 g/mol. The molecule has 0 heterocycles. The van der Waals surface area contributed by atoms with E-state index in [1.807, 2.05) is 30.3 Å². The first-order valence-corrected chi connectivity index (χ1v) is 12.6. The van der Waals surface area contributed by atoms with Crippen LogP contribution < -0.4 is 9.47 Å². The first-order chi connectivity index (χ1) is 14.2. The van der Waals surface area contributed by atoms with Gasteiger partial charge in [0.2, 0.25) is 0 Å². The quantitative estimate of drug-likeness (QED) is 0.216. The fourth-order valence-electron chi connectivity index (χ4n) is 3.24. The van der Waals surface area contributed by atoms with Gasteiger partial charge in [0.1, 0.15) is 18.1 Å². The summed E-state index contributed by atoms with van der Waals surface area (Å²) in [6.45, 7) is 3.57. The monoisotopic (exact) mass is 524 g/mol. The smallest absolute Gasteiger partial charge is 0.135 e. The highest BCUT2D eigenvalue weighted by atomic mass is 79.9. The van der Waals surface area contributed by atoms with Crippen molar-refractivity contribution in [1.29, 1.82) is 0 Å². The average Bonchev–Trinajstić information content (AvgIpc) is 2.73. The molecule has 0 amide bonds. The molecule has 0 bridgehead atoms. The van der Waals surface area contributed by atoms with E-state index < -0.39 is 0 Å². The zero-order valence-corrected chi connectivity index (χ0v) is 20.8. The maximum Gasteiger partial charge on any atom is 0.135 e. The molecule has 0 atom stereocenters. The molecule has 0 aromatic heterocycles. The first-order valence-electron chi connectivity index (χ1n) is 11.0. The minimum Gasteiger partial charge on any atom is -0.492 e. The van der Waals surface area contributed by atoms with Crippen molar-refractivity contribution in [2.24, 2.45) is 0 Å². The Morgan fingerprint density at radius 3 is 1.76 bits per heavy atom. The number of ether oxygens (including phenoxy) is 2. The molecule has 0 saturated carbocycles. The van der Waals surface area contributed by atoms with Crippen LogP contribution in [0.3, 0.4) is 0 Å². The summed E-state index contributed by atoms with van der Waals surface area (Å²) in [5.41, 5.74) is 1.15. The Bertz CT molecular complexity index is 689. The van der Waals surface area contributed by atoms with Crippen LogP contribution in [0.15, 0.2) is 51.4 Å². The van der Waals surface area contributed by atoms with E-state index in [4.69, 9.17) is 9.47 Å². The molecule has 0 spiro atoms. The standard InChI is InChI=1S/C25H34Br2O2/c1-2-3-4-5-6-7-8-9-10-14-17-28-24-18-23(27)25(19-22(24)26)29-20-21-15-12-11-13-16-21/h11-13,15-16,18-19H,2-10,14,17,20H2,1H3. The summed E-state index contributed by atoms with van der Waals surface area (Å²) in [6.07, 6.45) is 13.3. The number of rotatable bonds is 15. The zero-order chi connectivity index (χ0) is 20.7. The lowest BCUT2D eigenvalue weighted by Gasteiger charge is -2.13. The molecule has 0 aliphatic carbocycles. The van der Waals surface area contributed by atoms with Gasteiger partial charge in [-0.1, -0.05) is 95.0 Å². The van der Waals surface area contributed by atoms with Gasteiger partial charge in [-0.25, -0.2) is 0 Å². The summed E-state index contributed by atoms with van der Waals surface area (Å²) in [5.74, 6) is 1.67. The number of unbranched alkanes of at least 4 members (excludes halogenated alkanes) is 9. The van der Waals surface area contributed by atoms with Crippen LogP contribution in [0, 0.1) is 0 Å². The third-order valence-electron chi connectivity index (χ3n) is 4.98. The first kappa shape index (κ1) is 24.3. The predicted molar refractivity (Wildman–Crippen MR) is 130 cm³/mol. The van der Waals surface area contributed by atoms with E-state index in [1.54, 1.807) is 0 Å². The van der Waals surface area contributed by atoms with Crippen molar-refractivity contribution in [3.63, 3.8) is 0 Å². The summed E-state index contributed by atoms with van der Waals surface area (Å²) >= 11 is 7.21. The predicted octanol–water partition coefficient (Wildman–Crippen LogP) is 9.09. The van der Waals surface area contributed by atoms with Gasteiger partial charge < -0.3 is 9.47 Å². The van der Waals surface area contributed by atoms with Gasteiger partial charge in [0.05, 0.1) is 15.6 Å². The van der Waals surface area contributed by atoms with Gasteiger partial charge in [-0.3, -0.25) is 0 Å². The summed E-state index contributed by atoms with van der Waals surface area (Å²) in [7, 11) is 0. The van der Waals surface area contributed by atoms with Gasteiger partial charge in [-0.05, 0) is 56.0 Å². The lowest BCUT2D eigenvalue weighted by molar-refractivity contribution is 0.293. The van der Waals surface area contributed by atoms with Gasteiger partial charge in [0, 0.05) is 0 Å². The fourth-order valence-corrected chi connectivity index (χ4v) is 4.11. The summed E-state index contributed by atoms with van der Waals surface area (Å²) < 4.78 is 13.8. The van der Waals surface area contributed by atoms with Gasteiger partial charge in [-0.2, -0.15) is 0 Å². The summed E-state index contributed by atoms with van der Waals surface area (Å²) in [6, 6.07) is 14.1. The lowest BCUT2D eigenvalue weighted by atomic mass is 10.1. The van der Waals surface area contributed by atoms with E-state index in [-0.39, 0.29) is 0 Å². The molecule has 0 N–H and O–H groups in total. The molecule has 29 heavy (non-hydrogen) atoms. The second kappa shape index (κ2) is 14.9. The molecule has 0 unspecified atom stereocenters. The number of benzene rings is 2. The van der Waals surface area contributed by atoms with E-state index in [1.165, 1.54) is 57.8 Å². The summed E-state index contributed by atoms with van der Waals surface area (Å²) in [4.78, 5) is 0.